The van der Waals surface area contributed by atoms with Crippen LogP contribution in [-0.4, -0.2) is 18.5 Å². The maximum absolute atomic E-state index is 13.5. The molecule has 1 atom stereocenters. The van der Waals surface area contributed by atoms with Gasteiger partial charge in [-0.1, -0.05) is 13.0 Å². The second kappa shape index (κ2) is 6.59. The topological polar surface area (TPSA) is 41.1 Å². The molecule has 0 aliphatic heterocycles. The highest BCUT2D eigenvalue weighted by atomic mass is 79.9. The molecule has 1 amide bonds. The summed E-state index contributed by atoms with van der Waals surface area (Å²) in [5, 5.41) is 5.61. The molecule has 0 aliphatic rings. The fourth-order valence-corrected chi connectivity index (χ4v) is 1.78. The summed E-state index contributed by atoms with van der Waals surface area (Å²) in [6, 6.07) is 4.20. The third kappa shape index (κ3) is 4.00. The van der Waals surface area contributed by atoms with Crippen LogP contribution in [0, 0.1) is 5.82 Å². The Balaban J connectivity index is 2.67. The molecule has 0 radical (unpaired) electrons. The largest absolute Gasteiger partial charge is 0.371 e. The van der Waals surface area contributed by atoms with E-state index in [2.05, 4.69) is 26.6 Å². The minimum Gasteiger partial charge on any atom is -0.371 e. The van der Waals surface area contributed by atoms with Crippen LogP contribution in [-0.2, 0) is 4.79 Å². The maximum atomic E-state index is 13.5. The Hall–Kier alpha value is -1.10. The molecular weight excluding hydrogens is 287 g/mol. The third-order valence-corrected chi connectivity index (χ3v) is 2.93. The van der Waals surface area contributed by atoms with Gasteiger partial charge < -0.3 is 10.6 Å². The molecule has 0 bridgehead atoms. The van der Waals surface area contributed by atoms with Gasteiger partial charge in [-0.2, -0.15) is 0 Å². The Morgan fingerprint density at radius 1 is 1.53 bits per heavy atom. The fraction of sp³-hybridized carbons (Fsp3) is 0.417. The number of carbonyl (C=O) groups excluding carboxylic acids is 1. The molecule has 17 heavy (non-hydrogen) atoms. The fourth-order valence-electron chi connectivity index (χ4n) is 1.32. The van der Waals surface area contributed by atoms with Crippen molar-refractivity contribution >= 4 is 27.5 Å². The Morgan fingerprint density at radius 3 is 2.82 bits per heavy atom. The monoisotopic (exact) mass is 302 g/mol. The molecule has 3 nitrogen and oxygen atoms in total. The van der Waals surface area contributed by atoms with E-state index in [0.717, 1.165) is 6.42 Å². The lowest BCUT2D eigenvalue weighted by Gasteiger charge is -2.16. The van der Waals surface area contributed by atoms with Crippen LogP contribution in [0.3, 0.4) is 0 Å². The lowest BCUT2D eigenvalue weighted by molar-refractivity contribution is -0.121. The predicted molar refractivity (Wildman–Crippen MR) is 70.5 cm³/mol. The number of amides is 1. The Kier molecular flexibility index (Phi) is 5.41. The summed E-state index contributed by atoms with van der Waals surface area (Å²) in [6.07, 6.45) is 0.877. The van der Waals surface area contributed by atoms with Crippen LogP contribution >= 0.6 is 15.9 Å². The minimum atomic E-state index is -0.477. The van der Waals surface area contributed by atoms with Crippen molar-refractivity contribution in [3.8, 4) is 0 Å². The van der Waals surface area contributed by atoms with Gasteiger partial charge >= 0.3 is 0 Å². The van der Waals surface area contributed by atoms with Gasteiger partial charge in [-0.25, -0.2) is 4.39 Å². The number of rotatable bonds is 5. The van der Waals surface area contributed by atoms with Crippen LogP contribution in [0.2, 0.25) is 0 Å². The summed E-state index contributed by atoms with van der Waals surface area (Å²) in [4.78, 5) is 11.6. The molecule has 0 spiro atoms. The van der Waals surface area contributed by atoms with Gasteiger partial charge in [0.2, 0.25) is 5.91 Å². The van der Waals surface area contributed by atoms with E-state index in [4.69, 9.17) is 0 Å². The third-order valence-electron chi connectivity index (χ3n) is 2.27. The maximum Gasteiger partial charge on any atom is 0.242 e. The van der Waals surface area contributed by atoms with Gasteiger partial charge in [-0.05, 0) is 41.4 Å². The molecule has 0 aromatic heterocycles. The van der Waals surface area contributed by atoms with Gasteiger partial charge in [-0.15, -0.1) is 0 Å². The zero-order valence-electron chi connectivity index (χ0n) is 9.89. The van der Waals surface area contributed by atoms with Crippen molar-refractivity contribution in [2.75, 3.05) is 11.9 Å². The first-order chi connectivity index (χ1) is 8.06. The summed E-state index contributed by atoms with van der Waals surface area (Å²) in [5.41, 5.74) is 0.312. The number of halogens is 2. The van der Waals surface area contributed by atoms with E-state index in [9.17, 15) is 9.18 Å². The standard InChI is InChI=1S/C12H16BrFN2O/c1-3-7-15-12(17)8(2)16-11-9(13)5-4-6-10(11)14/h4-6,8,16H,3,7H2,1-2H3,(H,15,17). The van der Waals surface area contributed by atoms with Crippen molar-refractivity contribution in [1.29, 1.82) is 0 Å². The molecule has 0 saturated carbocycles. The zero-order chi connectivity index (χ0) is 12.8. The van der Waals surface area contributed by atoms with Crippen molar-refractivity contribution in [1.82, 2.24) is 5.32 Å². The number of benzene rings is 1. The smallest absolute Gasteiger partial charge is 0.242 e. The first-order valence-corrected chi connectivity index (χ1v) is 6.33. The van der Waals surface area contributed by atoms with E-state index in [0.29, 0.717) is 16.7 Å². The summed E-state index contributed by atoms with van der Waals surface area (Å²) in [7, 11) is 0. The number of hydrogen-bond acceptors (Lipinski definition) is 2. The lowest BCUT2D eigenvalue weighted by Crippen LogP contribution is -2.38. The Bertz CT molecular complexity index is 378. The number of hydrogen-bond donors (Lipinski definition) is 2. The molecule has 1 aromatic rings. The quantitative estimate of drug-likeness (QED) is 0.878. The number of carbonyl (C=O) groups is 1. The van der Waals surface area contributed by atoms with E-state index in [-0.39, 0.29) is 11.7 Å². The Morgan fingerprint density at radius 2 is 2.24 bits per heavy atom. The number of anilines is 1. The molecule has 0 fully saturated rings. The van der Waals surface area contributed by atoms with Crippen LogP contribution in [0.25, 0.3) is 0 Å². The van der Waals surface area contributed by atoms with Gasteiger partial charge in [0.05, 0.1) is 5.69 Å². The van der Waals surface area contributed by atoms with E-state index in [1.165, 1.54) is 6.07 Å². The minimum absolute atomic E-state index is 0.137. The predicted octanol–water partition coefficient (Wildman–Crippen LogP) is 2.91. The van der Waals surface area contributed by atoms with E-state index < -0.39 is 6.04 Å². The highest BCUT2D eigenvalue weighted by Crippen LogP contribution is 2.25. The van der Waals surface area contributed by atoms with Crippen molar-refractivity contribution in [2.24, 2.45) is 0 Å². The molecule has 0 heterocycles. The second-order valence-corrected chi connectivity index (χ2v) is 4.61. The first-order valence-electron chi connectivity index (χ1n) is 5.54. The Labute approximate surface area is 109 Å². The molecule has 1 aromatic carbocycles. The van der Waals surface area contributed by atoms with Crippen molar-refractivity contribution in [3.05, 3.63) is 28.5 Å². The van der Waals surface area contributed by atoms with E-state index in [1.54, 1.807) is 19.1 Å². The van der Waals surface area contributed by atoms with Crippen molar-refractivity contribution in [3.63, 3.8) is 0 Å². The summed E-state index contributed by atoms with van der Waals surface area (Å²) < 4.78 is 14.1. The molecule has 1 rings (SSSR count). The number of para-hydroxylation sites is 1. The van der Waals surface area contributed by atoms with Gasteiger partial charge in [0.15, 0.2) is 0 Å². The SMILES string of the molecule is CCCNC(=O)C(C)Nc1c(F)cccc1Br. The van der Waals surface area contributed by atoms with Crippen LogP contribution in [0.1, 0.15) is 20.3 Å². The normalized spacial score (nSPS) is 12.0. The molecule has 1 unspecified atom stereocenters. The summed E-state index contributed by atoms with van der Waals surface area (Å²) in [6.45, 7) is 4.30. The van der Waals surface area contributed by atoms with Crippen LogP contribution in [0.5, 0.6) is 0 Å². The molecule has 0 saturated heterocycles. The van der Waals surface area contributed by atoms with Crippen molar-refractivity contribution < 1.29 is 9.18 Å². The average molecular weight is 303 g/mol. The van der Waals surface area contributed by atoms with E-state index >= 15 is 0 Å². The molecule has 94 valence electrons. The van der Waals surface area contributed by atoms with Gasteiger partial charge in [0.25, 0.3) is 0 Å². The highest BCUT2D eigenvalue weighted by molar-refractivity contribution is 9.10. The van der Waals surface area contributed by atoms with Crippen LogP contribution < -0.4 is 10.6 Å². The van der Waals surface area contributed by atoms with Gasteiger partial charge in [-0.3, -0.25) is 4.79 Å². The van der Waals surface area contributed by atoms with Crippen molar-refractivity contribution in [2.45, 2.75) is 26.3 Å². The zero-order valence-corrected chi connectivity index (χ0v) is 11.5. The molecule has 5 heteroatoms. The summed E-state index contributed by atoms with van der Waals surface area (Å²) >= 11 is 3.24. The highest BCUT2D eigenvalue weighted by Gasteiger charge is 2.15. The van der Waals surface area contributed by atoms with Crippen LogP contribution in [0.15, 0.2) is 22.7 Å². The average Bonchev–Trinajstić information content (AvgIpc) is 2.30. The van der Waals surface area contributed by atoms with E-state index in [1.807, 2.05) is 6.92 Å². The molecule has 0 aliphatic carbocycles. The first kappa shape index (κ1) is 14.0. The second-order valence-electron chi connectivity index (χ2n) is 3.75. The molecular formula is C12H16BrFN2O. The van der Waals surface area contributed by atoms with Gasteiger partial charge in [0, 0.05) is 11.0 Å². The number of nitrogens with one attached hydrogen (secondary N) is 2. The van der Waals surface area contributed by atoms with Gasteiger partial charge in [0.1, 0.15) is 11.9 Å². The lowest BCUT2D eigenvalue weighted by atomic mass is 10.2. The summed E-state index contributed by atoms with van der Waals surface area (Å²) in [5.74, 6) is -0.517. The molecule has 2 N–H and O–H groups in total. The van der Waals surface area contributed by atoms with Crippen LogP contribution in [0.4, 0.5) is 10.1 Å².